The van der Waals surface area contributed by atoms with Gasteiger partial charge < -0.3 is 9.80 Å². The first kappa shape index (κ1) is 19.2. The number of halogens is 1. The van der Waals surface area contributed by atoms with Gasteiger partial charge in [0.15, 0.2) is 0 Å². The summed E-state index contributed by atoms with van der Waals surface area (Å²) in [4.78, 5) is 29.2. The van der Waals surface area contributed by atoms with Crippen LogP contribution in [0.15, 0.2) is 60.7 Å². The number of piperazine rings is 1. The molecule has 0 atom stereocenters. The highest BCUT2D eigenvalue weighted by molar-refractivity contribution is 6.33. The van der Waals surface area contributed by atoms with E-state index in [-0.39, 0.29) is 11.8 Å². The summed E-state index contributed by atoms with van der Waals surface area (Å²) in [6, 6.07) is 18.7. The Labute approximate surface area is 174 Å². The maximum absolute atomic E-state index is 13.1. The first-order chi connectivity index (χ1) is 14.1. The molecule has 4 rings (SSSR count). The van der Waals surface area contributed by atoms with E-state index >= 15 is 0 Å². The average molecular weight is 409 g/mol. The van der Waals surface area contributed by atoms with Crippen LogP contribution >= 0.6 is 11.6 Å². The van der Waals surface area contributed by atoms with Gasteiger partial charge in [-0.3, -0.25) is 9.59 Å². The summed E-state index contributed by atoms with van der Waals surface area (Å²) in [5.74, 6) is -0.162. The van der Waals surface area contributed by atoms with Crippen molar-refractivity contribution in [3.05, 3.63) is 82.6 Å². The molecule has 1 fully saturated rings. The third-order valence-electron chi connectivity index (χ3n) is 5.09. The van der Waals surface area contributed by atoms with Crippen LogP contribution in [0.3, 0.4) is 0 Å². The van der Waals surface area contributed by atoms with Crippen molar-refractivity contribution in [3.63, 3.8) is 0 Å². The summed E-state index contributed by atoms with van der Waals surface area (Å²) in [6.07, 6.45) is 0. The Balaban J connectivity index is 1.48. The Kier molecular flexibility index (Phi) is 5.36. The highest BCUT2D eigenvalue weighted by atomic mass is 35.5. The molecule has 148 valence electrons. The van der Waals surface area contributed by atoms with Crippen LogP contribution in [-0.2, 0) is 0 Å². The van der Waals surface area contributed by atoms with Crippen molar-refractivity contribution < 1.29 is 9.59 Å². The van der Waals surface area contributed by atoms with E-state index in [0.29, 0.717) is 48.2 Å². The normalized spacial score (nSPS) is 14.1. The maximum Gasteiger partial charge on any atom is 0.259 e. The molecule has 29 heavy (non-hydrogen) atoms. The summed E-state index contributed by atoms with van der Waals surface area (Å²) < 4.78 is 1.58. The Bertz CT molecular complexity index is 1030. The van der Waals surface area contributed by atoms with Gasteiger partial charge in [0, 0.05) is 31.7 Å². The number of carbonyl (C=O) groups excluding carboxylic acids is 2. The van der Waals surface area contributed by atoms with Crippen molar-refractivity contribution in [1.82, 2.24) is 19.6 Å². The van der Waals surface area contributed by atoms with E-state index in [4.69, 9.17) is 11.6 Å². The zero-order chi connectivity index (χ0) is 20.4. The number of hydrogen-bond donors (Lipinski definition) is 0. The predicted octanol–water partition coefficient (Wildman–Crippen LogP) is 3.43. The SMILES string of the molecule is Cc1nn(-c2ccccc2)c(Cl)c1C(=O)N1CCN(C(=O)c2ccccc2)CC1. The van der Waals surface area contributed by atoms with E-state index in [1.807, 2.05) is 48.5 Å². The average Bonchev–Trinajstić information content (AvgIpc) is 3.08. The minimum absolute atomic E-state index is 0.0104. The second-order valence-electron chi connectivity index (χ2n) is 6.95. The number of carbonyl (C=O) groups is 2. The van der Waals surface area contributed by atoms with Gasteiger partial charge in [0.1, 0.15) is 5.15 Å². The third kappa shape index (κ3) is 3.76. The summed E-state index contributed by atoms with van der Waals surface area (Å²) in [7, 11) is 0. The maximum atomic E-state index is 13.1. The fourth-order valence-electron chi connectivity index (χ4n) is 3.52. The standard InChI is InChI=1S/C22H21ClN4O2/c1-16-19(20(23)27(24-16)18-10-6-3-7-11-18)22(29)26-14-12-25(13-15-26)21(28)17-8-4-2-5-9-17/h2-11H,12-15H2,1H3. The Morgan fingerprint density at radius 1 is 0.828 bits per heavy atom. The smallest absolute Gasteiger partial charge is 0.259 e. The molecule has 2 amide bonds. The van der Waals surface area contributed by atoms with Crippen LogP contribution in [0.1, 0.15) is 26.4 Å². The lowest BCUT2D eigenvalue weighted by atomic mass is 10.1. The van der Waals surface area contributed by atoms with Gasteiger partial charge in [0.25, 0.3) is 11.8 Å². The van der Waals surface area contributed by atoms with Gasteiger partial charge in [-0.15, -0.1) is 0 Å². The van der Waals surface area contributed by atoms with Crippen molar-refractivity contribution in [2.75, 3.05) is 26.2 Å². The molecule has 1 saturated heterocycles. The van der Waals surface area contributed by atoms with Crippen LogP contribution in [0.5, 0.6) is 0 Å². The van der Waals surface area contributed by atoms with Crippen LogP contribution in [-0.4, -0.2) is 57.6 Å². The number of hydrogen-bond acceptors (Lipinski definition) is 3. The lowest BCUT2D eigenvalue weighted by molar-refractivity contribution is 0.0535. The molecule has 1 aromatic heterocycles. The Morgan fingerprint density at radius 3 is 1.93 bits per heavy atom. The molecule has 2 heterocycles. The summed E-state index contributed by atoms with van der Waals surface area (Å²) in [5.41, 5.74) is 2.47. The molecule has 0 spiro atoms. The minimum Gasteiger partial charge on any atom is -0.335 e. The van der Waals surface area contributed by atoms with Crippen molar-refractivity contribution in [2.24, 2.45) is 0 Å². The molecule has 0 aliphatic carbocycles. The highest BCUT2D eigenvalue weighted by Crippen LogP contribution is 2.25. The molecule has 0 unspecified atom stereocenters. The van der Waals surface area contributed by atoms with Gasteiger partial charge >= 0.3 is 0 Å². The topological polar surface area (TPSA) is 58.4 Å². The molecule has 0 bridgehead atoms. The van der Waals surface area contributed by atoms with Crippen LogP contribution in [0.25, 0.3) is 5.69 Å². The monoisotopic (exact) mass is 408 g/mol. The predicted molar refractivity (Wildman–Crippen MR) is 112 cm³/mol. The van der Waals surface area contributed by atoms with Crippen molar-refractivity contribution >= 4 is 23.4 Å². The zero-order valence-corrected chi connectivity index (χ0v) is 16.8. The number of nitrogens with zero attached hydrogens (tertiary/aromatic N) is 4. The minimum atomic E-state index is -0.151. The molecule has 2 aromatic carbocycles. The summed E-state index contributed by atoms with van der Waals surface area (Å²) in [6.45, 7) is 3.69. The first-order valence-corrected chi connectivity index (χ1v) is 9.88. The molecule has 1 aliphatic heterocycles. The number of aromatic nitrogens is 2. The number of benzene rings is 2. The zero-order valence-electron chi connectivity index (χ0n) is 16.1. The lowest BCUT2D eigenvalue weighted by Gasteiger charge is -2.34. The van der Waals surface area contributed by atoms with Gasteiger partial charge in [0.05, 0.1) is 16.9 Å². The second kappa shape index (κ2) is 8.09. The second-order valence-corrected chi connectivity index (χ2v) is 7.31. The highest BCUT2D eigenvalue weighted by Gasteiger charge is 2.29. The fraction of sp³-hybridized carbons (Fsp3) is 0.227. The molecule has 3 aromatic rings. The molecular formula is C22H21ClN4O2. The molecule has 0 radical (unpaired) electrons. The lowest BCUT2D eigenvalue weighted by Crippen LogP contribution is -2.50. The van der Waals surface area contributed by atoms with Gasteiger partial charge in [-0.25, -0.2) is 4.68 Å². The molecular weight excluding hydrogens is 388 g/mol. The van der Waals surface area contributed by atoms with Crippen LogP contribution in [0.2, 0.25) is 5.15 Å². The summed E-state index contributed by atoms with van der Waals surface area (Å²) >= 11 is 6.53. The van der Waals surface area contributed by atoms with Crippen molar-refractivity contribution in [3.8, 4) is 5.69 Å². The van der Waals surface area contributed by atoms with E-state index in [1.165, 1.54) is 0 Å². The van der Waals surface area contributed by atoms with E-state index < -0.39 is 0 Å². The van der Waals surface area contributed by atoms with Gasteiger partial charge in [-0.05, 0) is 31.2 Å². The van der Waals surface area contributed by atoms with E-state index in [9.17, 15) is 9.59 Å². The Morgan fingerprint density at radius 2 is 1.34 bits per heavy atom. The van der Waals surface area contributed by atoms with Gasteiger partial charge in [-0.1, -0.05) is 48.0 Å². The quantitative estimate of drug-likeness (QED) is 0.667. The molecule has 1 aliphatic rings. The van der Waals surface area contributed by atoms with Gasteiger partial charge in [-0.2, -0.15) is 5.10 Å². The number of rotatable bonds is 3. The van der Waals surface area contributed by atoms with Crippen molar-refractivity contribution in [2.45, 2.75) is 6.92 Å². The Hall–Kier alpha value is -3.12. The molecule has 6 nitrogen and oxygen atoms in total. The summed E-state index contributed by atoms with van der Waals surface area (Å²) in [5, 5.41) is 4.76. The molecule has 7 heteroatoms. The number of amides is 2. The number of aryl methyl sites for hydroxylation is 1. The van der Waals surface area contributed by atoms with E-state index in [2.05, 4.69) is 5.10 Å². The van der Waals surface area contributed by atoms with E-state index in [1.54, 1.807) is 33.5 Å². The van der Waals surface area contributed by atoms with Crippen LogP contribution < -0.4 is 0 Å². The number of para-hydroxylation sites is 1. The molecule has 0 N–H and O–H groups in total. The van der Waals surface area contributed by atoms with Crippen molar-refractivity contribution in [1.29, 1.82) is 0 Å². The third-order valence-corrected chi connectivity index (χ3v) is 5.44. The van der Waals surface area contributed by atoms with Crippen LogP contribution in [0.4, 0.5) is 0 Å². The van der Waals surface area contributed by atoms with Crippen LogP contribution in [0, 0.1) is 6.92 Å². The first-order valence-electron chi connectivity index (χ1n) is 9.50. The molecule has 0 saturated carbocycles. The van der Waals surface area contributed by atoms with Gasteiger partial charge in [0.2, 0.25) is 0 Å². The fourth-order valence-corrected chi connectivity index (χ4v) is 3.87. The largest absolute Gasteiger partial charge is 0.335 e. The van der Waals surface area contributed by atoms with E-state index in [0.717, 1.165) is 5.69 Å².